The smallest absolute Gasteiger partial charge is 0.336 e. The highest BCUT2D eigenvalue weighted by Gasteiger charge is 2.45. The lowest BCUT2D eigenvalue weighted by atomic mass is 9.89. The van der Waals surface area contributed by atoms with E-state index in [0.29, 0.717) is 46.8 Å². The number of nitrogens with zero attached hydrogens (tertiary/aromatic N) is 4. The van der Waals surface area contributed by atoms with E-state index in [1.165, 1.54) is 17.0 Å². The third-order valence-electron chi connectivity index (χ3n) is 12.5. The maximum Gasteiger partial charge on any atom is 0.336 e. The number of terminal acetylenes is 1. The van der Waals surface area contributed by atoms with Crippen LogP contribution in [0.3, 0.4) is 0 Å². The minimum Gasteiger partial charge on any atom is -0.481 e. The van der Waals surface area contributed by atoms with Crippen LogP contribution in [-0.2, 0) is 24.0 Å². The van der Waals surface area contributed by atoms with Gasteiger partial charge in [-0.05, 0) is 89.5 Å². The summed E-state index contributed by atoms with van der Waals surface area (Å²) in [6.45, 7) is 14.6. The molecule has 3 aromatic carbocycles. The molecule has 0 fully saturated rings. The topological polar surface area (TPSA) is 224 Å². The number of benzene rings is 3. The number of imide groups is 1. The van der Waals surface area contributed by atoms with Gasteiger partial charge in [-0.3, -0.25) is 38.9 Å². The number of anilines is 2. The number of amidine groups is 2. The molecule has 0 radical (unpaired) electrons. The molecule has 3 aromatic rings. The maximum atomic E-state index is 14.7. The number of hydrogen-bond acceptors (Lipinski definition) is 10. The van der Waals surface area contributed by atoms with E-state index in [9.17, 15) is 48.2 Å². The molecule has 0 saturated carbocycles. The number of amides is 5. The molecule has 17 heteroatoms. The van der Waals surface area contributed by atoms with Gasteiger partial charge in [0.25, 0.3) is 29.5 Å². The van der Waals surface area contributed by atoms with Crippen LogP contribution in [0.15, 0.2) is 69.7 Å². The van der Waals surface area contributed by atoms with Gasteiger partial charge in [0.05, 0.1) is 29.0 Å². The first-order chi connectivity index (χ1) is 31.0. The Morgan fingerprint density at radius 1 is 0.773 bits per heavy atom. The monoisotopic (exact) mass is 902 g/mol. The van der Waals surface area contributed by atoms with E-state index in [0.717, 1.165) is 34.9 Å². The number of rotatable bonds is 8. The first kappa shape index (κ1) is 48.0. The quantitative estimate of drug-likeness (QED) is 0.155. The van der Waals surface area contributed by atoms with Crippen molar-refractivity contribution in [3.63, 3.8) is 0 Å². The summed E-state index contributed by atoms with van der Waals surface area (Å²) in [5.41, 5.74) is 2.25. The summed E-state index contributed by atoms with van der Waals surface area (Å²) in [4.78, 5) is 95.3. The molecule has 16 nitrogen and oxygen atoms in total. The normalized spacial score (nSPS) is 20.8. The van der Waals surface area contributed by atoms with E-state index in [4.69, 9.17) is 11.2 Å². The lowest BCUT2D eigenvalue weighted by Gasteiger charge is -2.29. The van der Waals surface area contributed by atoms with Crippen molar-refractivity contribution in [3.05, 3.63) is 98.9 Å². The van der Waals surface area contributed by atoms with Crippen LogP contribution >= 0.6 is 0 Å². The van der Waals surface area contributed by atoms with E-state index >= 15 is 0 Å². The van der Waals surface area contributed by atoms with Crippen molar-refractivity contribution in [3.8, 4) is 18.1 Å². The highest BCUT2D eigenvalue weighted by atomic mass is 19.1. The molecule has 8 rings (SSSR count). The number of halogens is 1. The average Bonchev–Trinajstić information content (AvgIpc) is 3.85. The minimum atomic E-state index is -1.03. The second kappa shape index (κ2) is 18.6. The first-order valence-electron chi connectivity index (χ1n) is 21.4. The Morgan fingerprint density at radius 2 is 1.29 bits per heavy atom. The van der Waals surface area contributed by atoms with Crippen LogP contribution in [-0.4, -0.2) is 87.6 Å². The molecule has 2 unspecified atom stereocenters. The van der Waals surface area contributed by atoms with Gasteiger partial charge >= 0.3 is 11.9 Å². The van der Waals surface area contributed by atoms with Crippen molar-refractivity contribution in [2.45, 2.75) is 92.2 Å². The molecule has 66 heavy (non-hydrogen) atoms. The Bertz CT molecular complexity index is 2720. The summed E-state index contributed by atoms with van der Waals surface area (Å²) in [6.07, 6.45) is 8.01. The summed E-state index contributed by atoms with van der Waals surface area (Å²) >= 11 is 0. The molecule has 4 aliphatic heterocycles. The first-order valence-corrected chi connectivity index (χ1v) is 21.4. The average molecular weight is 903 g/mol. The Balaban J connectivity index is 0.000000166. The van der Waals surface area contributed by atoms with Gasteiger partial charge in [0.2, 0.25) is 0 Å². The Kier molecular flexibility index (Phi) is 13.5. The van der Waals surface area contributed by atoms with Crippen LogP contribution in [0, 0.1) is 43.8 Å². The molecule has 4 heterocycles. The van der Waals surface area contributed by atoms with Crippen LogP contribution < -0.4 is 25.2 Å². The fourth-order valence-electron chi connectivity index (χ4n) is 7.81. The van der Waals surface area contributed by atoms with Gasteiger partial charge in [-0.25, -0.2) is 18.9 Å². The predicted molar refractivity (Wildman–Crippen MR) is 243 cm³/mol. The molecular weight excluding hydrogens is 852 g/mol. The maximum absolute atomic E-state index is 14.7. The number of carbonyl (C=O) groups is 7. The lowest BCUT2D eigenvalue weighted by Crippen LogP contribution is -2.41. The highest BCUT2D eigenvalue weighted by Crippen LogP contribution is 2.42. The summed E-state index contributed by atoms with van der Waals surface area (Å²) in [7, 11) is 0. The molecule has 0 spiro atoms. The lowest BCUT2D eigenvalue weighted by molar-refractivity contribution is -0.125. The van der Waals surface area contributed by atoms with Gasteiger partial charge in [0, 0.05) is 28.3 Å². The number of aliphatic imine (C=N–C) groups is 2. The largest absolute Gasteiger partial charge is 0.481 e. The van der Waals surface area contributed by atoms with Crippen molar-refractivity contribution >= 4 is 64.5 Å². The number of carbonyl (C=O) groups excluding carboxylic acids is 5. The number of ether oxygens (including phenoxy) is 1. The van der Waals surface area contributed by atoms with Crippen LogP contribution in [0.5, 0.6) is 5.75 Å². The zero-order chi connectivity index (χ0) is 48.6. The van der Waals surface area contributed by atoms with Crippen molar-refractivity contribution in [2.24, 2.45) is 21.8 Å². The molecule has 4 N–H and O–H groups in total. The number of carboxylic acid groups (broad SMARTS) is 2. The molecule has 1 aliphatic carbocycles. The number of aryl methyl sites for hydroxylation is 2. The molecule has 5 aliphatic rings. The standard InChI is InChI=1S/C19H15FN2O4.2C15H18N2O3/c1-2-7-21-15-9-14(13(20)8-16(15)26-10-17(21)23)22-18(24)11-5-3-4-6-12(11)19(22)25;1-8(2)15(4)14(20)16-12(17-15)11-7-9(3)5-6-10(11)13(18)19;1-8(2)15(4)14(20)16-12(17-15)10-6-5-9(3)7-11(10)13(18)19/h1,8-9H,3-7,10H2;2*5-8H,1-4H3,(H,18,19)(H,16,17,20). The third kappa shape index (κ3) is 8.95. The van der Waals surface area contributed by atoms with E-state index in [1.54, 1.807) is 38.1 Å². The van der Waals surface area contributed by atoms with Crippen molar-refractivity contribution in [1.29, 1.82) is 0 Å². The molecule has 0 saturated heterocycles. The Morgan fingerprint density at radius 3 is 1.79 bits per heavy atom. The molecule has 2 atom stereocenters. The molecule has 5 amide bonds. The minimum absolute atomic E-state index is 0.0170. The van der Waals surface area contributed by atoms with Crippen LogP contribution in [0.2, 0.25) is 0 Å². The zero-order valence-corrected chi connectivity index (χ0v) is 37.9. The fourth-order valence-corrected chi connectivity index (χ4v) is 7.81. The van der Waals surface area contributed by atoms with Gasteiger partial charge in [0.1, 0.15) is 28.5 Å². The van der Waals surface area contributed by atoms with Gasteiger partial charge < -0.3 is 25.6 Å². The summed E-state index contributed by atoms with van der Waals surface area (Å²) in [6, 6.07) is 12.4. The van der Waals surface area contributed by atoms with Crippen molar-refractivity contribution < 1.29 is 52.9 Å². The highest BCUT2D eigenvalue weighted by molar-refractivity contribution is 6.33. The number of hydrogen-bond donors (Lipinski definition) is 4. The van der Waals surface area contributed by atoms with E-state index in [-0.39, 0.29) is 71.0 Å². The van der Waals surface area contributed by atoms with E-state index < -0.39 is 40.6 Å². The zero-order valence-electron chi connectivity index (χ0n) is 37.9. The van der Waals surface area contributed by atoms with Gasteiger partial charge in [-0.15, -0.1) is 6.42 Å². The van der Waals surface area contributed by atoms with Gasteiger partial charge in [-0.2, -0.15) is 0 Å². The summed E-state index contributed by atoms with van der Waals surface area (Å²) in [5.74, 6) is -1.32. The molecule has 0 aromatic heterocycles. The number of fused-ring (bicyclic) bond motifs is 1. The van der Waals surface area contributed by atoms with Gasteiger partial charge in [0.15, 0.2) is 12.4 Å². The fraction of sp³-hybridized carbons (Fsp3) is 0.367. The third-order valence-corrected chi connectivity index (χ3v) is 12.5. The van der Waals surface area contributed by atoms with E-state index in [1.807, 2.05) is 47.6 Å². The molecule has 344 valence electrons. The summed E-state index contributed by atoms with van der Waals surface area (Å²) in [5, 5.41) is 24.0. The predicted octanol–water partition coefficient (Wildman–Crippen LogP) is 5.90. The van der Waals surface area contributed by atoms with Crippen molar-refractivity contribution in [2.75, 3.05) is 23.0 Å². The van der Waals surface area contributed by atoms with Crippen LogP contribution in [0.25, 0.3) is 0 Å². The van der Waals surface area contributed by atoms with Crippen molar-refractivity contribution in [1.82, 2.24) is 10.6 Å². The molecular formula is C49H51FN6O10. The van der Waals surface area contributed by atoms with Crippen LogP contribution in [0.1, 0.15) is 110 Å². The van der Waals surface area contributed by atoms with Crippen LogP contribution in [0.4, 0.5) is 15.8 Å². The second-order valence-electron chi connectivity index (χ2n) is 17.5. The van der Waals surface area contributed by atoms with E-state index in [2.05, 4.69) is 26.5 Å². The second-order valence-corrected chi connectivity index (χ2v) is 17.5. The van der Waals surface area contributed by atoms with Gasteiger partial charge in [-0.1, -0.05) is 62.9 Å². The SMILES string of the molecule is C#CCN1C(=O)COc2cc(F)c(N3C(=O)C4=C(CCCC4)C3=O)cc21.Cc1ccc(C(=O)O)c(C2=NC(C)(C(C)C)C(=O)N2)c1.Cc1ccc(C2=NC(C)(C(C)C)C(=O)N2)c(C(=O)O)c1. The summed E-state index contributed by atoms with van der Waals surface area (Å²) < 4.78 is 19.9. The number of carboxylic acids is 2. The number of nitrogens with one attached hydrogen (secondary N) is 2. The molecule has 0 bridgehead atoms. The Hall–Kier alpha value is -7.48. The Labute approximate surface area is 381 Å². The number of aromatic carboxylic acids is 2.